The van der Waals surface area contributed by atoms with Gasteiger partial charge in [-0.3, -0.25) is 0 Å². The number of nitrogens with zero attached hydrogens (tertiary/aromatic N) is 2. The molecule has 2 aromatic heterocycles. The highest BCUT2D eigenvalue weighted by molar-refractivity contribution is 7.98. The van der Waals surface area contributed by atoms with Crippen LogP contribution in [0.3, 0.4) is 0 Å². The van der Waals surface area contributed by atoms with Crippen LogP contribution in [0.4, 0.5) is 0 Å². The van der Waals surface area contributed by atoms with E-state index in [0.717, 1.165) is 15.8 Å². The summed E-state index contributed by atoms with van der Waals surface area (Å²) < 4.78 is 10.1. The molecule has 0 atom stereocenters. The molecule has 0 spiro atoms. The van der Waals surface area contributed by atoms with E-state index in [-0.39, 0.29) is 12.4 Å². The van der Waals surface area contributed by atoms with Gasteiger partial charge in [-0.25, -0.2) is 9.78 Å². The number of hydrogen-bond acceptors (Lipinski definition) is 6. The van der Waals surface area contributed by atoms with Gasteiger partial charge in [-0.15, -0.1) is 11.8 Å². The van der Waals surface area contributed by atoms with Crippen LogP contribution < -0.4 is 0 Å². The number of halogens is 1. The third-order valence-electron chi connectivity index (χ3n) is 3.24. The van der Waals surface area contributed by atoms with Crippen molar-refractivity contribution in [2.45, 2.75) is 18.4 Å². The third kappa shape index (κ3) is 3.48. The van der Waals surface area contributed by atoms with Crippen molar-refractivity contribution in [3.8, 4) is 0 Å². The van der Waals surface area contributed by atoms with Gasteiger partial charge >= 0.3 is 5.97 Å². The van der Waals surface area contributed by atoms with Crippen LogP contribution in [0.15, 0.2) is 39.8 Å². The number of rotatable bonds is 4. The molecule has 0 aliphatic heterocycles. The third-order valence-corrected chi connectivity index (χ3v) is 4.29. The Morgan fingerprint density at radius 2 is 2.17 bits per heavy atom. The van der Waals surface area contributed by atoms with Crippen molar-refractivity contribution in [1.29, 1.82) is 0 Å². The topological polar surface area (TPSA) is 65.2 Å². The summed E-state index contributed by atoms with van der Waals surface area (Å²) in [5, 5.41) is 4.91. The van der Waals surface area contributed by atoms with Gasteiger partial charge in [-0.2, -0.15) is 0 Å². The van der Waals surface area contributed by atoms with Crippen molar-refractivity contribution in [2.24, 2.45) is 0 Å². The summed E-state index contributed by atoms with van der Waals surface area (Å²) in [7, 11) is 0. The van der Waals surface area contributed by atoms with Gasteiger partial charge in [0, 0.05) is 21.9 Å². The summed E-state index contributed by atoms with van der Waals surface area (Å²) in [5.74, 6) is -0.517. The molecule has 0 radical (unpaired) electrons. The molecule has 0 unspecified atom stereocenters. The molecule has 1 aromatic carbocycles. The number of ether oxygens (including phenoxy) is 1. The lowest BCUT2D eigenvalue weighted by Gasteiger charge is -2.07. The lowest BCUT2D eigenvalue weighted by atomic mass is 10.2. The van der Waals surface area contributed by atoms with E-state index in [2.05, 4.69) is 10.1 Å². The molecule has 0 saturated heterocycles. The second kappa shape index (κ2) is 6.60. The molecule has 0 fully saturated rings. The monoisotopic (exact) mass is 348 g/mol. The second-order valence-corrected chi connectivity index (χ2v) is 6.14. The molecular formula is C16H13ClN2O3S. The first-order chi connectivity index (χ1) is 11.1. The van der Waals surface area contributed by atoms with Crippen molar-refractivity contribution >= 4 is 40.2 Å². The molecule has 0 aliphatic carbocycles. The van der Waals surface area contributed by atoms with Crippen LogP contribution >= 0.6 is 23.4 Å². The fourth-order valence-electron chi connectivity index (χ4n) is 2.07. The molecule has 118 valence electrons. The smallest absolute Gasteiger partial charge is 0.377 e. The van der Waals surface area contributed by atoms with E-state index in [0.29, 0.717) is 16.4 Å². The average molecular weight is 349 g/mol. The first-order valence-electron chi connectivity index (χ1n) is 6.80. The van der Waals surface area contributed by atoms with Crippen LogP contribution in [0.5, 0.6) is 0 Å². The zero-order chi connectivity index (χ0) is 16.4. The number of hydrogen-bond donors (Lipinski definition) is 0. The van der Waals surface area contributed by atoms with Crippen molar-refractivity contribution in [1.82, 2.24) is 10.1 Å². The number of aromatic nitrogens is 2. The second-order valence-electron chi connectivity index (χ2n) is 4.91. The van der Waals surface area contributed by atoms with Crippen molar-refractivity contribution in [2.75, 3.05) is 6.26 Å². The van der Waals surface area contributed by atoms with Crippen LogP contribution in [0.1, 0.15) is 21.8 Å². The highest BCUT2D eigenvalue weighted by atomic mass is 35.5. The number of aryl methyl sites for hydroxylation is 1. The highest BCUT2D eigenvalue weighted by Gasteiger charge is 2.15. The standard InChI is InChI=1S/C16H13ClN2O3S/c1-9-5-14(22-19-9)16(20)21-8-11-6-10-3-4-12(23-2)7-13(10)18-15(11)17/h3-7H,8H2,1-2H3. The average Bonchev–Trinajstić information content (AvgIpc) is 2.98. The molecule has 0 amide bonds. The summed E-state index contributed by atoms with van der Waals surface area (Å²) in [6.45, 7) is 1.75. The minimum Gasteiger partial charge on any atom is -0.455 e. The Kier molecular flexibility index (Phi) is 4.54. The predicted molar refractivity (Wildman–Crippen MR) is 88.9 cm³/mol. The Labute approximate surface area is 142 Å². The van der Waals surface area contributed by atoms with E-state index in [1.54, 1.807) is 18.7 Å². The minimum atomic E-state index is -0.584. The Hall–Kier alpha value is -2.05. The van der Waals surface area contributed by atoms with Crippen LogP contribution in [-0.4, -0.2) is 22.4 Å². The van der Waals surface area contributed by atoms with E-state index in [4.69, 9.17) is 20.9 Å². The van der Waals surface area contributed by atoms with E-state index >= 15 is 0 Å². The number of pyridine rings is 1. The number of thioether (sulfide) groups is 1. The summed E-state index contributed by atoms with van der Waals surface area (Å²) in [4.78, 5) is 17.3. The molecule has 7 heteroatoms. The first kappa shape index (κ1) is 15.8. The Bertz CT molecular complexity index is 879. The van der Waals surface area contributed by atoms with E-state index in [9.17, 15) is 4.79 Å². The highest BCUT2D eigenvalue weighted by Crippen LogP contribution is 2.25. The number of carbonyl (C=O) groups excluding carboxylic acids is 1. The van der Waals surface area contributed by atoms with Gasteiger partial charge in [-0.05, 0) is 31.4 Å². The van der Waals surface area contributed by atoms with Crippen molar-refractivity contribution in [3.05, 3.63) is 52.5 Å². The lowest BCUT2D eigenvalue weighted by Crippen LogP contribution is -2.05. The SMILES string of the molecule is CSc1ccc2cc(COC(=O)c3cc(C)no3)c(Cl)nc2c1. The molecule has 5 nitrogen and oxygen atoms in total. The molecular weight excluding hydrogens is 336 g/mol. The maximum Gasteiger partial charge on any atom is 0.377 e. The molecule has 2 heterocycles. The summed E-state index contributed by atoms with van der Waals surface area (Å²) in [6, 6.07) is 9.34. The normalized spacial score (nSPS) is 10.9. The van der Waals surface area contributed by atoms with E-state index in [1.807, 2.05) is 30.5 Å². The van der Waals surface area contributed by atoms with Crippen molar-refractivity contribution in [3.63, 3.8) is 0 Å². The van der Waals surface area contributed by atoms with Gasteiger partial charge < -0.3 is 9.26 Å². The number of carbonyl (C=O) groups is 1. The van der Waals surface area contributed by atoms with Crippen LogP contribution in [0, 0.1) is 6.92 Å². The van der Waals surface area contributed by atoms with Crippen LogP contribution in [-0.2, 0) is 11.3 Å². The fraction of sp³-hybridized carbons (Fsp3) is 0.188. The number of benzene rings is 1. The molecule has 3 aromatic rings. The lowest BCUT2D eigenvalue weighted by molar-refractivity contribution is 0.0426. The molecule has 0 saturated carbocycles. The number of fused-ring (bicyclic) bond motifs is 1. The zero-order valence-corrected chi connectivity index (χ0v) is 14.1. The maximum atomic E-state index is 11.9. The summed E-state index contributed by atoms with van der Waals surface area (Å²) >= 11 is 7.83. The molecule has 0 aliphatic rings. The Morgan fingerprint density at radius 1 is 1.35 bits per heavy atom. The van der Waals surface area contributed by atoms with Crippen LogP contribution in [0.25, 0.3) is 10.9 Å². The van der Waals surface area contributed by atoms with Gasteiger partial charge in [0.1, 0.15) is 11.8 Å². The zero-order valence-electron chi connectivity index (χ0n) is 12.5. The van der Waals surface area contributed by atoms with Gasteiger partial charge in [0.15, 0.2) is 0 Å². The number of esters is 1. The first-order valence-corrected chi connectivity index (χ1v) is 8.40. The quantitative estimate of drug-likeness (QED) is 0.398. The van der Waals surface area contributed by atoms with Crippen molar-refractivity contribution < 1.29 is 14.1 Å². The fourth-order valence-corrected chi connectivity index (χ4v) is 2.70. The largest absolute Gasteiger partial charge is 0.455 e. The maximum absolute atomic E-state index is 11.9. The van der Waals surface area contributed by atoms with Gasteiger partial charge in [-0.1, -0.05) is 22.8 Å². The summed E-state index contributed by atoms with van der Waals surface area (Å²) in [6.07, 6.45) is 2.00. The van der Waals surface area contributed by atoms with Gasteiger partial charge in [0.05, 0.1) is 11.2 Å². The Balaban J connectivity index is 1.80. The van der Waals surface area contributed by atoms with Gasteiger partial charge in [0.25, 0.3) is 0 Å². The Morgan fingerprint density at radius 3 is 2.87 bits per heavy atom. The predicted octanol–water partition coefficient (Wildman–Crippen LogP) is 4.26. The molecule has 23 heavy (non-hydrogen) atoms. The minimum absolute atomic E-state index is 0.0185. The van der Waals surface area contributed by atoms with Crippen LogP contribution in [0.2, 0.25) is 5.15 Å². The van der Waals surface area contributed by atoms with E-state index < -0.39 is 5.97 Å². The molecule has 3 rings (SSSR count). The van der Waals surface area contributed by atoms with E-state index in [1.165, 1.54) is 6.07 Å². The molecule has 0 bridgehead atoms. The molecule has 0 N–H and O–H groups in total. The van der Waals surface area contributed by atoms with Gasteiger partial charge in [0.2, 0.25) is 5.76 Å². The summed E-state index contributed by atoms with van der Waals surface area (Å²) in [5.41, 5.74) is 2.07.